The Kier molecular flexibility index (Phi) is 52.5. The van der Waals surface area contributed by atoms with Gasteiger partial charge in [0.1, 0.15) is 4.90 Å². The van der Waals surface area contributed by atoms with Gasteiger partial charge in [-0.05, 0) is 12.1 Å². The molecule has 1 aromatic rings. The van der Waals surface area contributed by atoms with Gasteiger partial charge < -0.3 is 0 Å². The Morgan fingerprint density at radius 3 is 1.48 bits per heavy atom. The van der Waals surface area contributed by atoms with Gasteiger partial charge in [-0.2, -0.15) is 0 Å². The van der Waals surface area contributed by atoms with E-state index >= 15 is 0 Å². The molecule has 0 saturated heterocycles. The molecule has 1 aliphatic rings. The molecular formula is C16H9Co2NO9S. The van der Waals surface area contributed by atoms with Gasteiger partial charge in [0.05, 0.1) is 12.1 Å². The van der Waals surface area contributed by atoms with Crippen LogP contribution >= 0.6 is 0 Å². The molecule has 0 unspecified atom stereocenters. The zero-order chi connectivity index (χ0) is 23.1. The SMILES string of the molecule is C=CCN1C(=O)c2ccccc2S1(=O)=O.[C-]#[O+].[C-]#[O+].[C-]#[O+].[C-]#[O+].[C-]#[O+].[C-]#[O+].[Co].[Co]. The second-order valence-electron chi connectivity index (χ2n) is 3.13. The van der Waals surface area contributed by atoms with Crippen LogP contribution in [0.25, 0.3) is 0 Å². The van der Waals surface area contributed by atoms with Crippen LogP contribution < -0.4 is 0 Å². The Labute approximate surface area is 188 Å². The average molecular weight is 509 g/mol. The Balaban J connectivity index is -0.0000000601. The molecule has 13 heteroatoms. The first-order valence-corrected chi connectivity index (χ1v) is 7.02. The molecule has 0 fully saturated rings. The predicted molar refractivity (Wildman–Crippen MR) is 78.4 cm³/mol. The zero-order valence-corrected chi connectivity index (χ0v) is 16.9. The summed E-state index contributed by atoms with van der Waals surface area (Å²) in [6, 6.07) is 6.19. The molecule has 0 N–H and O–H groups in total. The van der Waals surface area contributed by atoms with Gasteiger partial charge in [-0.3, -0.25) is 4.79 Å². The summed E-state index contributed by atoms with van der Waals surface area (Å²) in [5.74, 6) is -0.481. The maximum Gasteiger partial charge on any atom is 0 e. The Bertz CT molecular complexity index is 747. The van der Waals surface area contributed by atoms with E-state index in [9.17, 15) is 13.2 Å². The molecular weight excluding hydrogens is 500 g/mol. The van der Waals surface area contributed by atoms with Crippen LogP contribution in [0.5, 0.6) is 0 Å². The summed E-state index contributed by atoms with van der Waals surface area (Å²) in [6.45, 7) is 30.4. The summed E-state index contributed by atoms with van der Waals surface area (Å²) in [4.78, 5) is 11.8. The minimum Gasteiger partial charge on any atom is 0 e. The predicted octanol–water partition coefficient (Wildman–Crippen LogP) is 0.787. The first-order valence-electron chi connectivity index (χ1n) is 5.58. The van der Waals surface area contributed by atoms with Gasteiger partial charge in [-0.25, -0.2) is 12.7 Å². The van der Waals surface area contributed by atoms with Gasteiger partial charge >= 0.3 is 67.8 Å². The van der Waals surface area contributed by atoms with E-state index in [1.165, 1.54) is 18.2 Å². The monoisotopic (exact) mass is 509 g/mol. The molecule has 1 heterocycles. The third-order valence-electron chi connectivity index (χ3n) is 2.21. The van der Waals surface area contributed by atoms with Gasteiger partial charge in [0.2, 0.25) is 0 Å². The second kappa shape index (κ2) is 33.4. The van der Waals surface area contributed by atoms with E-state index in [2.05, 4.69) is 46.5 Å². The molecule has 0 bridgehead atoms. The van der Waals surface area contributed by atoms with E-state index < -0.39 is 15.9 Å². The van der Waals surface area contributed by atoms with Crippen LogP contribution in [0.3, 0.4) is 0 Å². The molecule has 1 aromatic carbocycles. The fraction of sp³-hybridized carbons (Fsp3) is 0.0625. The molecule has 10 nitrogen and oxygen atoms in total. The summed E-state index contributed by atoms with van der Waals surface area (Å²) >= 11 is 0. The molecule has 0 aliphatic carbocycles. The summed E-state index contributed by atoms with van der Waals surface area (Å²) < 4.78 is 69.5. The van der Waals surface area contributed by atoms with Crippen molar-refractivity contribution in [2.75, 3.05) is 6.54 Å². The van der Waals surface area contributed by atoms with Crippen molar-refractivity contribution in [3.05, 3.63) is 82.4 Å². The first kappa shape index (κ1) is 45.5. The number of sulfonamides is 1. The first-order chi connectivity index (χ1) is 13.1. The van der Waals surface area contributed by atoms with Crippen LogP contribution in [-0.2, 0) is 71.5 Å². The van der Waals surface area contributed by atoms with Crippen molar-refractivity contribution in [2.24, 2.45) is 0 Å². The van der Waals surface area contributed by atoms with Crippen LogP contribution in [0.1, 0.15) is 10.4 Å². The maximum absolute atomic E-state index is 11.8. The summed E-state index contributed by atoms with van der Waals surface area (Å²) in [5, 5.41) is 0. The van der Waals surface area contributed by atoms with Crippen molar-refractivity contribution in [1.82, 2.24) is 4.31 Å². The standard InChI is InChI=1S/C10H9NO3S.6CO.2Co/c1-2-7-11-10(12)8-5-3-4-6-9(8)15(11,13)14;6*1-2;;/h2-6H,1,7H2;;;;;;;;. The number of nitrogens with zero attached hydrogens (tertiary/aromatic N) is 1. The van der Waals surface area contributed by atoms with Gasteiger partial charge in [-0.1, -0.05) is 18.2 Å². The van der Waals surface area contributed by atoms with Crippen molar-refractivity contribution >= 4 is 15.9 Å². The normalized spacial score (nSPS) is 9.52. The minimum atomic E-state index is -3.65. The Morgan fingerprint density at radius 1 is 0.828 bits per heavy atom. The van der Waals surface area contributed by atoms with Gasteiger partial charge in [0, 0.05) is 33.6 Å². The average Bonchev–Trinajstić information content (AvgIpc) is 2.98. The smallest absolute Gasteiger partial charge is 0 e. The fourth-order valence-corrected chi connectivity index (χ4v) is 3.07. The Hall–Kier alpha value is -2.17. The molecule has 156 valence electrons. The fourth-order valence-electron chi connectivity index (χ4n) is 1.53. The van der Waals surface area contributed by atoms with Gasteiger partial charge in [-0.15, -0.1) is 6.58 Å². The van der Waals surface area contributed by atoms with E-state index in [1.807, 2.05) is 0 Å². The quantitative estimate of drug-likeness (QED) is 0.326. The van der Waals surface area contributed by atoms with Crippen molar-refractivity contribution < 1.29 is 74.7 Å². The van der Waals surface area contributed by atoms with Crippen LogP contribution in [0.4, 0.5) is 0 Å². The van der Waals surface area contributed by atoms with Crippen molar-refractivity contribution in [1.29, 1.82) is 0 Å². The van der Waals surface area contributed by atoms with Crippen molar-refractivity contribution in [3.8, 4) is 0 Å². The minimum absolute atomic E-state index is 0. The molecule has 2 rings (SSSR count). The number of fused-ring (bicyclic) bond motifs is 1. The van der Waals surface area contributed by atoms with Gasteiger partial charge in [0.15, 0.2) is 0 Å². The van der Waals surface area contributed by atoms with E-state index in [4.69, 9.17) is 27.9 Å². The second-order valence-corrected chi connectivity index (χ2v) is 4.96. The number of rotatable bonds is 2. The number of hydrogen-bond acceptors (Lipinski definition) is 3. The number of amides is 1. The van der Waals surface area contributed by atoms with Gasteiger partial charge in [0.25, 0.3) is 15.9 Å². The van der Waals surface area contributed by atoms with E-state index in [-0.39, 0.29) is 50.6 Å². The molecule has 0 spiro atoms. The number of hydrogen-bond donors (Lipinski definition) is 0. The Morgan fingerprint density at radius 2 is 1.17 bits per heavy atom. The van der Waals surface area contributed by atoms with Crippen LogP contribution in [-0.4, -0.2) is 25.2 Å². The molecule has 0 atom stereocenters. The third kappa shape index (κ3) is 14.5. The van der Waals surface area contributed by atoms with Crippen LogP contribution in [0.2, 0.25) is 0 Å². The maximum atomic E-state index is 11.8. The summed E-state index contributed by atoms with van der Waals surface area (Å²) in [6.07, 6.45) is 1.39. The summed E-state index contributed by atoms with van der Waals surface area (Å²) in [5.41, 5.74) is 0.236. The van der Waals surface area contributed by atoms with Crippen molar-refractivity contribution in [2.45, 2.75) is 4.90 Å². The summed E-state index contributed by atoms with van der Waals surface area (Å²) in [7, 11) is -3.65. The van der Waals surface area contributed by atoms with E-state index in [1.54, 1.807) is 12.1 Å². The van der Waals surface area contributed by atoms with E-state index in [0.717, 1.165) is 4.31 Å². The van der Waals surface area contributed by atoms with E-state index in [0.29, 0.717) is 0 Å². The third-order valence-corrected chi connectivity index (χ3v) is 4.01. The number of carbonyl (C=O) groups excluding carboxylic acids is 1. The van der Waals surface area contributed by atoms with Crippen LogP contribution in [0, 0.1) is 39.9 Å². The zero-order valence-electron chi connectivity index (χ0n) is 14.0. The topological polar surface area (TPSA) is 174 Å². The molecule has 0 aromatic heterocycles. The molecule has 2 radical (unpaired) electrons. The van der Waals surface area contributed by atoms with Crippen LogP contribution in [0.15, 0.2) is 41.8 Å². The number of carbonyl (C=O) groups is 1. The molecule has 0 saturated carbocycles. The molecule has 1 aliphatic heterocycles. The van der Waals surface area contributed by atoms with Crippen molar-refractivity contribution in [3.63, 3.8) is 0 Å². The molecule has 29 heavy (non-hydrogen) atoms. The largest absolute Gasteiger partial charge is 0 e. The molecule has 1 amide bonds. The number of benzene rings is 1.